The monoisotopic (exact) mass is 288 g/mol. The summed E-state index contributed by atoms with van der Waals surface area (Å²) < 4.78 is 0. The van der Waals surface area contributed by atoms with Crippen molar-refractivity contribution in [1.29, 1.82) is 0 Å². The Morgan fingerprint density at radius 1 is 1.43 bits per heavy atom. The van der Waals surface area contributed by atoms with Crippen LogP contribution in [-0.4, -0.2) is 18.5 Å². The quantitative estimate of drug-likeness (QED) is 0.875. The largest absolute Gasteiger partial charge is 0.354 e. The van der Waals surface area contributed by atoms with Crippen LogP contribution in [0.5, 0.6) is 0 Å². The predicted octanol–water partition coefficient (Wildman–Crippen LogP) is 2.77. The number of fused-ring (bicyclic) bond motifs is 1. The van der Waals surface area contributed by atoms with Crippen molar-refractivity contribution in [1.82, 2.24) is 5.32 Å². The molecule has 2 rings (SSSR count). The zero-order valence-corrected chi connectivity index (χ0v) is 13.5. The lowest BCUT2D eigenvalue weighted by Crippen LogP contribution is -2.49. The first-order valence-corrected chi connectivity index (χ1v) is 8.09. The van der Waals surface area contributed by atoms with Crippen molar-refractivity contribution in [3.63, 3.8) is 0 Å². The molecule has 3 unspecified atom stereocenters. The topological polar surface area (TPSA) is 55.1 Å². The van der Waals surface area contributed by atoms with E-state index in [9.17, 15) is 4.79 Å². The van der Waals surface area contributed by atoms with Gasteiger partial charge in [-0.25, -0.2) is 0 Å². The summed E-state index contributed by atoms with van der Waals surface area (Å²) in [6.07, 6.45) is 4.37. The smallest absolute Gasteiger partial charge is 0.237 e. The summed E-state index contributed by atoms with van der Waals surface area (Å²) in [5, 5.41) is 3.08. The van der Waals surface area contributed by atoms with Gasteiger partial charge in [0.05, 0.1) is 6.04 Å². The lowest BCUT2D eigenvalue weighted by atomic mass is 9.71. The Morgan fingerprint density at radius 2 is 2.14 bits per heavy atom. The van der Waals surface area contributed by atoms with E-state index in [1.807, 2.05) is 6.92 Å². The summed E-state index contributed by atoms with van der Waals surface area (Å²) in [6, 6.07) is 8.20. The lowest BCUT2D eigenvalue weighted by molar-refractivity contribution is -0.123. The summed E-state index contributed by atoms with van der Waals surface area (Å²) in [6.45, 7) is 7.02. The first-order valence-electron chi connectivity index (χ1n) is 8.09. The van der Waals surface area contributed by atoms with Crippen molar-refractivity contribution < 1.29 is 4.79 Å². The molecule has 21 heavy (non-hydrogen) atoms. The molecular weight excluding hydrogens is 260 g/mol. The lowest BCUT2D eigenvalue weighted by Gasteiger charge is -2.36. The molecule has 1 aromatic carbocycles. The highest BCUT2D eigenvalue weighted by atomic mass is 16.2. The summed E-state index contributed by atoms with van der Waals surface area (Å²) in [4.78, 5) is 12.2. The molecule has 0 bridgehead atoms. The van der Waals surface area contributed by atoms with Crippen LogP contribution in [0.2, 0.25) is 0 Å². The molecule has 0 fully saturated rings. The third-order valence-corrected chi connectivity index (χ3v) is 5.05. The van der Waals surface area contributed by atoms with E-state index >= 15 is 0 Å². The maximum Gasteiger partial charge on any atom is 0.237 e. The first-order chi connectivity index (χ1) is 9.98. The van der Waals surface area contributed by atoms with Crippen LogP contribution in [0.1, 0.15) is 51.2 Å². The van der Waals surface area contributed by atoms with Crippen LogP contribution < -0.4 is 11.1 Å². The molecule has 1 aromatic rings. The summed E-state index contributed by atoms with van der Waals surface area (Å²) >= 11 is 0. The fourth-order valence-corrected chi connectivity index (χ4v) is 3.23. The van der Waals surface area contributed by atoms with Crippen LogP contribution in [0, 0.1) is 5.92 Å². The second kappa shape index (κ2) is 6.61. The van der Waals surface area contributed by atoms with Gasteiger partial charge in [-0.3, -0.25) is 4.79 Å². The maximum absolute atomic E-state index is 12.2. The molecule has 0 aromatic heterocycles. The van der Waals surface area contributed by atoms with Crippen LogP contribution in [0.25, 0.3) is 0 Å². The number of nitrogens with two attached hydrogens (primary N) is 1. The van der Waals surface area contributed by atoms with Gasteiger partial charge >= 0.3 is 0 Å². The van der Waals surface area contributed by atoms with Gasteiger partial charge in [-0.2, -0.15) is 0 Å². The maximum atomic E-state index is 12.2. The molecule has 0 spiro atoms. The average molecular weight is 288 g/mol. The van der Waals surface area contributed by atoms with Crippen LogP contribution in [-0.2, 0) is 16.6 Å². The van der Waals surface area contributed by atoms with E-state index in [4.69, 9.17) is 5.73 Å². The molecule has 3 nitrogen and oxygen atoms in total. The van der Waals surface area contributed by atoms with E-state index in [0.717, 1.165) is 19.3 Å². The number of carbonyl (C=O) groups excluding carboxylic acids is 1. The summed E-state index contributed by atoms with van der Waals surface area (Å²) in [5.41, 5.74) is 8.85. The molecule has 0 heterocycles. The number of rotatable bonds is 5. The van der Waals surface area contributed by atoms with Crippen LogP contribution in [0.15, 0.2) is 24.3 Å². The van der Waals surface area contributed by atoms with E-state index in [0.29, 0.717) is 6.54 Å². The average Bonchev–Trinajstić information content (AvgIpc) is 2.51. The highest BCUT2D eigenvalue weighted by molar-refractivity contribution is 5.81. The van der Waals surface area contributed by atoms with Gasteiger partial charge in [-0.1, -0.05) is 51.5 Å². The molecule has 3 heteroatoms. The van der Waals surface area contributed by atoms with Gasteiger partial charge in [0.1, 0.15) is 0 Å². The van der Waals surface area contributed by atoms with Crippen molar-refractivity contribution >= 4 is 5.91 Å². The molecule has 0 saturated carbocycles. The molecule has 0 aliphatic heterocycles. The number of amides is 1. The van der Waals surface area contributed by atoms with E-state index in [-0.39, 0.29) is 17.2 Å². The fraction of sp³-hybridized carbons (Fsp3) is 0.611. The van der Waals surface area contributed by atoms with E-state index in [1.165, 1.54) is 17.5 Å². The minimum absolute atomic E-state index is 0.0198. The zero-order valence-electron chi connectivity index (χ0n) is 13.5. The summed E-state index contributed by atoms with van der Waals surface area (Å²) in [7, 11) is 0. The molecule has 0 radical (unpaired) electrons. The number of aryl methyl sites for hydroxylation is 1. The Bertz CT molecular complexity index is 500. The Balaban J connectivity index is 2.05. The number of hydrogen-bond acceptors (Lipinski definition) is 2. The highest BCUT2D eigenvalue weighted by Gasteiger charge is 2.32. The van der Waals surface area contributed by atoms with Gasteiger partial charge in [0.2, 0.25) is 5.91 Å². The normalized spacial score (nSPS) is 24.0. The third kappa shape index (κ3) is 3.46. The third-order valence-electron chi connectivity index (χ3n) is 5.05. The Labute approximate surface area is 128 Å². The Hall–Kier alpha value is -1.35. The molecule has 3 atom stereocenters. The van der Waals surface area contributed by atoms with E-state index in [2.05, 4.69) is 43.4 Å². The van der Waals surface area contributed by atoms with Crippen LogP contribution in [0.3, 0.4) is 0 Å². The van der Waals surface area contributed by atoms with E-state index < -0.39 is 6.04 Å². The SMILES string of the molecule is CCC(C)C(N)C(=O)NCC1(C)CCCc2ccccc21. The Morgan fingerprint density at radius 3 is 2.86 bits per heavy atom. The second-order valence-electron chi connectivity index (χ2n) is 6.70. The molecule has 1 aliphatic rings. The van der Waals surface area contributed by atoms with Gasteiger partial charge in [0, 0.05) is 12.0 Å². The molecule has 1 aliphatic carbocycles. The van der Waals surface area contributed by atoms with Crippen molar-refractivity contribution in [2.75, 3.05) is 6.54 Å². The minimum atomic E-state index is -0.405. The standard InChI is InChI=1S/C18H28N2O/c1-4-13(2)16(19)17(21)20-12-18(3)11-7-9-14-8-5-6-10-15(14)18/h5-6,8,10,13,16H,4,7,9,11-12,19H2,1-3H3,(H,20,21). The first kappa shape index (κ1) is 16.0. The van der Waals surface area contributed by atoms with Crippen molar-refractivity contribution in [3.05, 3.63) is 35.4 Å². The van der Waals surface area contributed by atoms with Crippen molar-refractivity contribution in [3.8, 4) is 0 Å². The molecule has 0 saturated heterocycles. The summed E-state index contributed by atoms with van der Waals surface area (Å²) in [5.74, 6) is 0.199. The van der Waals surface area contributed by atoms with Crippen LogP contribution >= 0.6 is 0 Å². The number of nitrogens with one attached hydrogen (secondary N) is 1. The van der Waals surface area contributed by atoms with Crippen molar-refractivity contribution in [2.45, 2.75) is 57.9 Å². The van der Waals surface area contributed by atoms with Gasteiger partial charge in [-0.05, 0) is 36.3 Å². The van der Waals surface area contributed by atoms with Crippen molar-refractivity contribution in [2.24, 2.45) is 11.7 Å². The molecular formula is C18H28N2O. The Kier molecular flexibility index (Phi) is 5.04. The van der Waals surface area contributed by atoms with Gasteiger partial charge in [0.25, 0.3) is 0 Å². The fourth-order valence-electron chi connectivity index (χ4n) is 3.23. The molecule has 1 amide bonds. The molecule has 116 valence electrons. The molecule has 3 N–H and O–H groups in total. The van der Waals surface area contributed by atoms with Gasteiger partial charge in [0.15, 0.2) is 0 Å². The number of benzene rings is 1. The van der Waals surface area contributed by atoms with Gasteiger partial charge < -0.3 is 11.1 Å². The minimum Gasteiger partial charge on any atom is -0.354 e. The number of carbonyl (C=O) groups is 1. The second-order valence-corrected chi connectivity index (χ2v) is 6.70. The predicted molar refractivity (Wildman–Crippen MR) is 87.2 cm³/mol. The zero-order chi connectivity index (χ0) is 15.5. The number of hydrogen-bond donors (Lipinski definition) is 2. The van der Waals surface area contributed by atoms with Gasteiger partial charge in [-0.15, -0.1) is 0 Å². The van der Waals surface area contributed by atoms with Crippen LogP contribution in [0.4, 0.5) is 0 Å². The highest BCUT2D eigenvalue weighted by Crippen LogP contribution is 2.36. The van der Waals surface area contributed by atoms with E-state index in [1.54, 1.807) is 0 Å².